The van der Waals surface area contributed by atoms with Crippen LogP contribution in [0.2, 0.25) is 10.0 Å². The van der Waals surface area contributed by atoms with Crippen LogP contribution < -0.4 is 0 Å². The average Bonchev–Trinajstić information content (AvgIpc) is 3.91. The predicted octanol–water partition coefficient (Wildman–Crippen LogP) is 15.5. The number of thiophene rings is 2. The average molecular weight is 790 g/mol. The highest BCUT2D eigenvalue weighted by Gasteiger charge is 2.13. The smallest absolute Gasteiger partial charge is 0.0641 e. The summed E-state index contributed by atoms with van der Waals surface area (Å²) >= 11 is 17.0. The van der Waals surface area contributed by atoms with E-state index in [1.807, 2.05) is 108 Å². The van der Waals surface area contributed by atoms with E-state index >= 15 is 0 Å². The van der Waals surface area contributed by atoms with Crippen LogP contribution in [0.4, 0.5) is 0 Å². The summed E-state index contributed by atoms with van der Waals surface area (Å²) < 4.78 is 2.76. The van der Waals surface area contributed by atoms with Crippen LogP contribution in [0.1, 0.15) is 22.3 Å². The summed E-state index contributed by atoms with van der Waals surface area (Å²) in [4.78, 5) is 2.67. The lowest BCUT2D eigenvalue weighted by molar-refractivity contribution is 1.63. The molecule has 2 heterocycles. The molecule has 2 aromatic heterocycles. The zero-order valence-electron chi connectivity index (χ0n) is 29.9. The Morgan fingerprint density at radius 1 is 0.339 bits per heavy atom. The number of benzene rings is 8. The summed E-state index contributed by atoms with van der Waals surface area (Å²) in [6.07, 6.45) is 0. The summed E-state index contributed by atoms with van der Waals surface area (Å²) in [6, 6.07) is 62.5. The topological polar surface area (TPSA) is 0 Å². The van der Waals surface area contributed by atoms with E-state index < -0.39 is 0 Å². The second kappa shape index (κ2) is 15.9. The normalized spacial score (nSPS) is 10.8. The van der Waals surface area contributed by atoms with Gasteiger partial charge in [0.25, 0.3) is 0 Å². The summed E-state index contributed by atoms with van der Waals surface area (Å²) in [5.74, 6) is 12.6. The van der Waals surface area contributed by atoms with Crippen molar-refractivity contribution in [3.63, 3.8) is 0 Å². The van der Waals surface area contributed by atoms with Gasteiger partial charge in [-0.25, -0.2) is 0 Å². The standard InChI is InChI=1S/C26H14Cl2.C26H16S2/c27-25-21(13-11-19-7-3-1-4-8-19)15-17-24-23(25)18-16-22(26(24)28)14-12-20-9-5-2-6-10-20;1-3-7-17(8-4-1)23-15-19-11-13-22-21(25(19)27-23)14-12-20-16-24(28-26(20)22)18-9-5-2-6-10-18/h1-10,15-18H;1-16H. The van der Waals surface area contributed by atoms with Gasteiger partial charge in [-0.05, 0) is 70.4 Å². The second-order valence-electron chi connectivity index (χ2n) is 13.2. The van der Waals surface area contributed by atoms with Crippen molar-refractivity contribution < 1.29 is 0 Å². The Bertz CT molecular complexity index is 2920. The van der Waals surface area contributed by atoms with Crippen LogP contribution in [0, 0.1) is 23.7 Å². The van der Waals surface area contributed by atoms with E-state index in [0.717, 1.165) is 33.0 Å². The summed E-state index contributed by atoms with van der Waals surface area (Å²) in [5, 5.41) is 8.33. The van der Waals surface area contributed by atoms with Crippen molar-refractivity contribution in [2.24, 2.45) is 0 Å². The van der Waals surface area contributed by atoms with Gasteiger partial charge in [-0.1, -0.05) is 180 Å². The minimum Gasteiger partial charge on any atom is -0.135 e. The van der Waals surface area contributed by atoms with E-state index in [-0.39, 0.29) is 0 Å². The fourth-order valence-electron chi connectivity index (χ4n) is 6.74. The number of fused-ring (bicyclic) bond motifs is 6. The molecule has 10 rings (SSSR count). The van der Waals surface area contributed by atoms with Gasteiger partial charge in [0, 0.05) is 63.0 Å². The first-order valence-electron chi connectivity index (χ1n) is 18.1. The Labute approximate surface area is 344 Å². The molecule has 0 atom stereocenters. The molecule has 0 aliphatic carbocycles. The highest BCUT2D eigenvalue weighted by atomic mass is 35.5. The molecule has 0 unspecified atom stereocenters. The second-order valence-corrected chi connectivity index (χ2v) is 16.1. The molecule has 56 heavy (non-hydrogen) atoms. The molecule has 0 radical (unpaired) electrons. The van der Waals surface area contributed by atoms with Gasteiger partial charge in [0.1, 0.15) is 0 Å². The number of hydrogen-bond donors (Lipinski definition) is 0. The Hall–Kier alpha value is -6.10. The molecular weight excluding hydrogens is 760 g/mol. The molecule has 0 saturated carbocycles. The maximum atomic E-state index is 6.61. The Kier molecular flexibility index (Phi) is 10.1. The van der Waals surface area contributed by atoms with E-state index in [1.165, 1.54) is 51.8 Å². The predicted molar refractivity (Wildman–Crippen MR) is 244 cm³/mol. The minimum atomic E-state index is 0.602. The quantitative estimate of drug-likeness (QED) is 0.153. The molecule has 0 aliphatic heterocycles. The summed E-state index contributed by atoms with van der Waals surface area (Å²) in [7, 11) is 0. The molecule has 0 saturated heterocycles. The van der Waals surface area contributed by atoms with E-state index in [9.17, 15) is 0 Å². The molecule has 0 aliphatic rings. The zero-order valence-corrected chi connectivity index (χ0v) is 33.0. The third-order valence-corrected chi connectivity index (χ3v) is 12.9. The van der Waals surface area contributed by atoms with Gasteiger partial charge in [-0.15, -0.1) is 22.7 Å². The van der Waals surface area contributed by atoms with Crippen LogP contribution in [-0.4, -0.2) is 0 Å². The Morgan fingerprint density at radius 2 is 0.696 bits per heavy atom. The van der Waals surface area contributed by atoms with Gasteiger partial charge < -0.3 is 0 Å². The fourth-order valence-corrected chi connectivity index (χ4v) is 9.67. The van der Waals surface area contributed by atoms with Crippen LogP contribution in [-0.2, 0) is 0 Å². The van der Waals surface area contributed by atoms with Gasteiger partial charge in [0.15, 0.2) is 0 Å². The lowest BCUT2D eigenvalue weighted by Gasteiger charge is -2.06. The largest absolute Gasteiger partial charge is 0.135 e. The molecule has 0 nitrogen and oxygen atoms in total. The van der Waals surface area contributed by atoms with Crippen LogP contribution in [0.3, 0.4) is 0 Å². The van der Waals surface area contributed by atoms with Crippen molar-refractivity contribution in [1.29, 1.82) is 0 Å². The SMILES string of the molecule is Clc1c(C#Cc2ccccc2)ccc2c(Cl)c(C#Cc3ccccc3)ccc12.c1ccc(-c2cc3ccc4c(ccc5cc(-c6ccccc6)sc54)c3s2)cc1. The Morgan fingerprint density at radius 3 is 1.09 bits per heavy atom. The van der Waals surface area contributed by atoms with Gasteiger partial charge in [0.05, 0.1) is 10.0 Å². The maximum absolute atomic E-state index is 6.61. The molecule has 0 spiro atoms. The molecule has 264 valence electrons. The van der Waals surface area contributed by atoms with Crippen molar-refractivity contribution in [3.8, 4) is 44.6 Å². The van der Waals surface area contributed by atoms with Crippen molar-refractivity contribution >= 4 is 87.6 Å². The van der Waals surface area contributed by atoms with Crippen molar-refractivity contribution in [2.75, 3.05) is 0 Å². The van der Waals surface area contributed by atoms with Crippen molar-refractivity contribution in [1.82, 2.24) is 0 Å². The van der Waals surface area contributed by atoms with Crippen LogP contribution in [0.5, 0.6) is 0 Å². The lowest BCUT2D eigenvalue weighted by Crippen LogP contribution is -1.86. The monoisotopic (exact) mass is 788 g/mol. The van der Waals surface area contributed by atoms with Crippen LogP contribution in [0.25, 0.3) is 62.6 Å². The molecule has 8 aromatic carbocycles. The fraction of sp³-hybridized carbons (Fsp3) is 0. The summed E-state index contributed by atoms with van der Waals surface area (Å²) in [5.41, 5.74) is 6.03. The van der Waals surface area contributed by atoms with E-state index in [4.69, 9.17) is 23.2 Å². The summed E-state index contributed by atoms with van der Waals surface area (Å²) in [6.45, 7) is 0. The maximum Gasteiger partial charge on any atom is 0.0641 e. The van der Waals surface area contributed by atoms with Crippen LogP contribution in [0.15, 0.2) is 182 Å². The number of halogens is 2. The molecule has 0 amide bonds. The first kappa shape index (κ1) is 35.6. The van der Waals surface area contributed by atoms with E-state index in [2.05, 4.69) is 121 Å². The van der Waals surface area contributed by atoms with Gasteiger partial charge in [-0.3, -0.25) is 0 Å². The highest BCUT2D eigenvalue weighted by molar-refractivity contribution is 7.24. The highest BCUT2D eigenvalue weighted by Crippen LogP contribution is 2.43. The van der Waals surface area contributed by atoms with E-state index in [0.29, 0.717) is 10.0 Å². The molecule has 10 aromatic rings. The van der Waals surface area contributed by atoms with E-state index in [1.54, 1.807) is 0 Å². The number of rotatable bonds is 2. The molecule has 0 N–H and O–H groups in total. The molecular formula is C52H30Cl2S2. The molecule has 0 fully saturated rings. The third kappa shape index (κ3) is 7.33. The molecule has 0 bridgehead atoms. The van der Waals surface area contributed by atoms with Gasteiger partial charge in [0.2, 0.25) is 0 Å². The zero-order chi connectivity index (χ0) is 37.8. The van der Waals surface area contributed by atoms with Crippen molar-refractivity contribution in [2.45, 2.75) is 0 Å². The van der Waals surface area contributed by atoms with Crippen molar-refractivity contribution in [3.05, 3.63) is 214 Å². The van der Waals surface area contributed by atoms with Crippen LogP contribution >= 0.6 is 45.9 Å². The van der Waals surface area contributed by atoms with Gasteiger partial charge in [-0.2, -0.15) is 0 Å². The first-order valence-corrected chi connectivity index (χ1v) is 20.5. The molecule has 4 heteroatoms. The minimum absolute atomic E-state index is 0.602. The lowest BCUT2D eigenvalue weighted by atomic mass is 10.0. The third-order valence-electron chi connectivity index (χ3n) is 9.58. The Balaban J connectivity index is 0.000000146. The number of hydrogen-bond acceptors (Lipinski definition) is 2. The van der Waals surface area contributed by atoms with Gasteiger partial charge >= 0.3 is 0 Å². The first-order chi connectivity index (χ1) is 27.6.